The van der Waals surface area contributed by atoms with Gasteiger partial charge in [-0.15, -0.1) is 0 Å². The molecule has 1 aliphatic rings. The van der Waals surface area contributed by atoms with E-state index >= 15 is 0 Å². The third-order valence-electron chi connectivity index (χ3n) is 4.37. The van der Waals surface area contributed by atoms with E-state index in [1.54, 1.807) is 19.6 Å². The van der Waals surface area contributed by atoms with Gasteiger partial charge in [-0.25, -0.2) is 0 Å². The van der Waals surface area contributed by atoms with Crippen LogP contribution >= 0.6 is 0 Å². The largest absolute Gasteiger partial charge is 1.00 e. The molecule has 0 aromatic heterocycles. The molecule has 1 saturated heterocycles. The molecule has 1 rings (SSSR count). The van der Waals surface area contributed by atoms with Crippen LogP contribution < -0.4 is 88.7 Å². The Labute approximate surface area is 252 Å². The molecule has 0 aromatic carbocycles. The van der Waals surface area contributed by atoms with Crippen LogP contribution in [0.25, 0.3) is 0 Å². The van der Waals surface area contributed by atoms with E-state index in [1.165, 1.54) is 0 Å². The van der Waals surface area contributed by atoms with Gasteiger partial charge in [0.1, 0.15) is 0 Å². The number of hydrogen-bond acceptors (Lipinski definition) is 8. The summed E-state index contributed by atoms with van der Waals surface area (Å²) in [6.45, 7) is 1.52. The standard InChI is InChI=1S/C16H28N4O8.3Na.3H/c21-13(22)9-17-1-2-18(10-14(23)24)5-6-20(12-16(27)28)8-7-19(4-3-17)11-15(25)26;;;;;;/h1-12H2,(H,21,22)(H,23,24)(H,25,26)(H,27,28);;;;;;/q;3*+1;3*-1. The zero-order valence-electron chi connectivity index (χ0n) is 21.7. The Morgan fingerprint density at radius 3 is 0.677 bits per heavy atom. The number of carboxylic acids is 4. The summed E-state index contributed by atoms with van der Waals surface area (Å²) in [6, 6.07) is 0. The Balaban J connectivity index is -0.000000327. The normalized spacial score (nSPS) is 17.5. The number of nitrogens with zero attached hydrogens (tertiary/aromatic N) is 4. The molecule has 166 valence electrons. The van der Waals surface area contributed by atoms with Gasteiger partial charge >= 0.3 is 113 Å². The average molecular weight is 476 g/mol. The van der Waals surface area contributed by atoms with Crippen molar-refractivity contribution in [2.75, 3.05) is 78.5 Å². The molecule has 0 spiro atoms. The number of carbonyl (C=O) groups is 4. The molecule has 0 radical (unpaired) electrons. The van der Waals surface area contributed by atoms with Gasteiger partial charge in [-0.3, -0.25) is 38.8 Å². The van der Waals surface area contributed by atoms with Gasteiger partial charge in [-0.05, 0) is 0 Å². The van der Waals surface area contributed by atoms with Crippen molar-refractivity contribution in [1.29, 1.82) is 0 Å². The molecule has 1 aliphatic heterocycles. The molecule has 12 nitrogen and oxygen atoms in total. The van der Waals surface area contributed by atoms with Crippen molar-refractivity contribution < 1.29 is 133 Å². The molecule has 31 heavy (non-hydrogen) atoms. The molecule has 0 aromatic rings. The zero-order valence-corrected chi connectivity index (χ0v) is 24.7. The summed E-state index contributed by atoms with van der Waals surface area (Å²) in [4.78, 5) is 50.9. The monoisotopic (exact) mass is 476 g/mol. The van der Waals surface area contributed by atoms with Gasteiger partial charge in [0.25, 0.3) is 0 Å². The molecule has 1 fully saturated rings. The van der Waals surface area contributed by atoms with Gasteiger partial charge in [0.05, 0.1) is 26.2 Å². The zero-order chi connectivity index (χ0) is 21.1. The van der Waals surface area contributed by atoms with Gasteiger partial charge < -0.3 is 24.7 Å². The number of rotatable bonds is 8. The van der Waals surface area contributed by atoms with E-state index < -0.39 is 23.9 Å². The first-order valence-corrected chi connectivity index (χ1v) is 8.92. The maximum absolute atomic E-state index is 11.1. The molecule has 0 aliphatic carbocycles. The Hall–Kier alpha value is 0.720. The molecule has 4 N–H and O–H groups in total. The second kappa shape index (κ2) is 20.1. The minimum absolute atomic E-state index is 0. The number of carboxylic acid groups (broad SMARTS) is 4. The van der Waals surface area contributed by atoms with E-state index in [9.17, 15) is 19.2 Å². The Kier molecular flexibility index (Phi) is 23.6. The SMILES string of the molecule is O=C(O)CN1CCN(CC(=O)O)CCN(CC(=O)O)CCN(CC(=O)O)CC1.[H-].[H-].[H-].[Na+].[Na+].[Na+]. The summed E-state index contributed by atoms with van der Waals surface area (Å²) < 4.78 is 0. The fraction of sp³-hybridized carbons (Fsp3) is 0.750. The molecule has 0 saturated carbocycles. The Morgan fingerprint density at radius 1 is 0.452 bits per heavy atom. The minimum atomic E-state index is -1.02. The van der Waals surface area contributed by atoms with Crippen LogP contribution in [0.2, 0.25) is 0 Å². The molecule has 0 amide bonds. The van der Waals surface area contributed by atoms with E-state index in [0.29, 0.717) is 52.4 Å². The van der Waals surface area contributed by atoms with Crippen LogP contribution in [0.3, 0.4) is 0 Å². The van der Waals surface area contributed by atoms with Crippen LogP contribution in [-0.2, 0) is 19.2 Å². The van der Waals surface area contributed by atoms with Crippen LogP contribution in [0, 0.1) is 0 Å². The van der Waals surface area contributed by atoms with Crippen LogP contribution in [0.15, 0.2) is 0 Å². The van der Waals surface area contributed by atoms with Crippen molar-refractivity contribution in [3.05, 3.63) is 0 Å². The Bertz CT molecular complexity index is 476. The van der Waals surface area contributed by atoms with Gasteiger partial charge in [0.15, 0.2) is 0 Å². The van der Waals surface area contributed by atoms with E-state index in [4.69, 9.17) is 20.4 Å². The van der Waals surface area contributed by atoms with E-state index in [1.807, 2.05) is 0 Å². The molecule has 0 unspecified atom stereocenters. The summed E-state index contributed by atoms with van der Waals surface area (Å²) >= 11 is 0. The van der Waals surface area contributed by atoms with E-state index in [2.05, 4.69) is 0 Å². The molecular formula is C16H31N4Na3O8. The Morgan fingerprint density at radius 2 is 0.581 bits per heavy atom. The second-order valence-corrected chi connectivity index (χ2v) is 6.68. The summed E-state index contributed by atoms with van der Waals surface area (Å²) in [6.07, 6.45) is 0. The van der Waals surface area contributed by atoms with Crippen molar-refractivity contribution in [2.45, 2.75) is 0 Å². The fourth-order valence-corrected chi connectivity index (χ4v) is 2.98. The average Bonchev–Trinajstić information content (AvgIpc) is 2.55. The predicted molar refractivity (Wildman–Crippen MR) is 99.6 cm³/mol. The molecule has 1 heterocycles. The van der Waals surface area contributed by atoms with Crippen LogP contribution in [0.1, 0.15) is 4.28 Å². The maximum atomic E-state index is 11.1. The fourth-order valence-electron chi connectivity index (χ4n) is 2.98. The van der Waals surface area contributed by atoms with Gasteiger partial charge in [-0.1, -0.05) is 0 Å². The van der Waals surface area contributed by atoms with Crippen molar-refractivity contribution in [3.8, 4) is 0 Å². The number of aliphatic carboxylic acids is 4. The van der Waals surface area contributed by atoms with Crippen molar-refractivity contribution in [2.24, 2.45) is 0 Å². The van der Waals surface area contributed by atoms with E-state index in [-0.39, 0.29) is 119 Å². The van der Waals surface area contributed by atoms with Crippen molar-refractivity contribution in [1.82, 2.24) is 19.6 Å². The number of hydrogen-bond donors (Lipinski definition) is 4. The first-order valence-electron chi connectivity index (χ1n) is 8.92. The quantitative estimate of drug-likeness (QED) is 0.245. The van der Waals surface area contributed by atoms with Gasteiger partial charge in [0, 0.05) is 52.4 Å². The first-order chi connectivity index (χ1) is 13.2. The molecular weight excluding hydrogens is 445 g/mol. The predicted octanol–water partition coefficient (Wildman–Crippen LogP) is -11.1. The van der Waals surface area contributed by atoms with Gasteiger partial charge in [-0.2, -0.15) is 0 Å². The van der Waals surface area contributed by atoms with Crippen LogP contribution in [-0.4, -0.2) is 142 Å². The van der Waals surface area contributed by atoms with Crippen LogP contribution in [0.5, 0.6) is 0 Å². The minimum Gasteiger partial charge on any atom is -1.00 e. The van der Waals surface area contributed by atoms with Crippen LogP contribution in [0.4, 0.5) is 0 Å². The molecule has 15 heteroatoms. The summed E-state index contributed by atoms with van der Waals surface area (Å²) in [7, 11) is 0. The molecule has 0 atom stereocenters. The van der Waals surface area contributed by atoms with E-state index in [0.717, 1.165) is 0 Å². The molecule has 0 bridgehead atoms. The smallest absolute Gasteiger partial charge is 1.00 e. The van der Waals surface area contributed by atoms with Crippen molar-refractivity contribution >= 4 is 23.9 Å². The topological polar surface area (TPSA) is 162 Å². The second-order valence-electron chi connectivity index (χ2n) is 6.68. The third kappa shape index (κ3) is 18.8. The first kappa shape index (κ1) is 36.3. The third-order valence-corrected chi connectivity index (χ3v) is 4.37. The summed E-state index contributed by atoms with van der Waals surface area (Å²) in [5.41, 5.74) is 0. The maximum Gasteiger partial charge on any atom is 1.00 e. The summed E-state index contributed by atoms with van der Waals surface area (Å²) in [5.74, 6) is -4.08. The summed E-state index contributed by atoms with van der Waals surface area (Å²) in [5, 5.41) is 36.3. The van der Waals surface area contributed by atoms with Crippen molar-refractivity contribution in [3.63, 3.8) is 0 Å². The van der Waals surface area contributed by atoms with Gasteiger partial charge in [0.2, 0.25) is 0 Å².